The summed E-state index contributed by atoms with van der Waals surface area (Å²) < 4.78 is 82.0. The summed E-state index contributed by atoms with van der Waals surface area (Å²) in [6.07, 6.45) is -8.42. The molecule has 1 saturated heterocycles. The standard InChI is InChI=1S/C18H14F6N2O2/c19-17(20,21)12-3-1-2-11(8-12)16(27)26-7-5-14(10-26)28-15-9-13(4-6-25-15)18(22,23)24/h1-4,6,8-9,14H,5,7,10H2. The zero-order valence-electron chi connectivity index (χ0n) is 14.2. The summed E-state index contributed by atoms with van der Waals surface area (Å²) in [6, 6.07) is 5.63. The lowest BCUT2D eigenvalue weighted by Gasteiger charge is -2.18. The Hall–Kier alpha value is -2.78. The molecule has 1 unspecified atom stereocenters. The van der Waals surface area contributed by atoms with Gasteiger partial charge in [-0.05, 0) is 24.3 Å². The number of likely N-dealkylation sites (tertiary alicyclic amines) is 1. The van der Waals surface area contributed by atoms with Gasteiger partial charge < -0.3 is 9.64 Å². The lowest BCUT2D eigenvalue weighted by atomic mass is 10.1. The third-order valence-corrected chi connectivity index (χ3v) is 4.22. The number of rotatable bonds is 3. The van der Waals surface area contributed by atoms with Crippen LogP contribution in [0.2, 0.25) is 0 Å². The van der Waals surface area contributed by atoms with Gasteiger partial charge >= 0.3 is 12.4 Å². The maximum Gasteiger partial charge on any atom is 0.416 e. The van der Waals surface area contributed by atoms with Gasteiger partial charge in [-0.25, -0.2) is 4.98 Å². The van der Waals surface area contributed by atoms with E-state index in [2.05, 4.69) is 4.98 Å². The lowest BCUT2D eigenvalue weighted by molar-refractivity contribution is -0.138. The summed E-state index contributed by atoms with van der Waals surface area (Å²) in [5.41, 5.74) is -1.96. The van der Waals surface area contributed by atoms with Crippen LogP contribution in [0.15, 0.2) is 42.6 Å². The van der Waals surface area contributed by atoms with Crippen LogP contribution in [0.1, 0.15) is 27.9 Å². The fraction of sp³-hybridized carbons (Fsp3) is 0.333. The van der Waals surface area contributed by atoms with Crippen LogP contribution in [0.5, 0.6) is 5.88 Å². The number of alkyl halides is 6. The molecule has 1 aliphatic heterocycles. The SMILES string of the molecule is O=C(c1cccc(C(F)(F)F)c1)N1CCC(Oc2cc(C(F)(F)F)ccn2)C1. The number of carbonyl (C=O) groups is 1. The minimum Gasteiger partial charge on any atom is -0.472 e. The summed E-state index contributed by atoms with van der Waals surface area (Å²) in [4.78, 5) is 17.5. The van der Waals surface area contributed by atoms with Crippen LogP contribution in [0, 0.1) is 0 Å². The topological polar surface area (TPSA) is 42.4 Å². The molecule has 10 heteroatoms. The van der Waals surface area contributed by atoms with E-state index in [9.17, 15) is 31.1 Å². The monoisotopic (exact) mass is 404 g/mol. The van der Waals surface area contributed by atoms with Crippen molar-refractivity contribution < 1.29 is 35.9 Å². The van der Waals surface area contributed by atoms with Gasteiger partial charge in [0, 0.05) is 30.8 Å². The summed E-state index contributed by atoms with van der Waals surface area (Å²) >= 11 is 0. The molecule has 1 fully saturated rings. The molecule has 3 rings (SSSR count). The number of hydrogen-bond acceptors (Lipinski definition) is 3. The van der Waals surface area contributed by atoms with Crippen LogP contribution in [-0.4, -0.2) is 35.0 Å². The Morgan fingerprint density at radius 1 is 1.04 bits per heavy atom. The van der Waals surface area contributed by atoms with E-state index in [0.29, 0.717) is 6.42 Å². The van der Waals surface area contributed by atoms with Crippen molar-refractivity contribution in [1.82, 2.24) is 9.88 Å². The molecule has 2 aromatic rings. The number of aromatic nitrogens is 1. The highest BCUT2D eigenvalue weighted by Gasteiger charge is 2.34. The molecule has 0 radical (unpaired) electrons. The quantitative estimate of drug-likeness (QED) is 0.712. The molecule has 0 aliphatic carbocycles. The van der Waals surface area contributed by atoms with E-state index in [-0.39, 0.29) is 24.5 Å². The smallest absolute Gasteiger partial charge is 0.416 e. The van der Waals surface area contributed by atoms with Gasteiger partial charge in [-0.1, -0.05) is 6.07 Å². The summed E-state index contributed by atoms with van der Waals surface area (Å²) in [6.45, 7) is 0.242. The number of carbonyl (C=O) groups excluding carboxylic acids is 1. The van der Waals surface area contributed by atoms with Crippen molar-refractivity contribution in [2.75, 3.05) is 13.1 Å². The van der Waals surface area contributed by atoms with Gasteiger partial charge in [0.1, 0.15) is 6.10 Å². The van der Waals surface area contributed by atoms with Crippen LogP contribution in [0.3, 0.4) is 0 Å². The molecule has 0 saturated carbocycles. The molecular weight excluding hydrogens is 390 g/mol. The van der Waals surface area contributed by atoms with Crippen LogP contribution >= 0.6 is 0 Å². The first-order chi connectivity index (χ1) is 13.0. The number of benzene rings is 1. The molecule has 28 heavy (non-hydrogen) atoms. The molecular formula is C18H14F6N2O2. The first-order valence-corrected chi connectivity index (χ1v) is 8.20. The fourth-order valence-corrected chi connectivity index (χ4v) is 2.84. The zero-order valence-corrected chi connectivity index (χ0v) is 14.2. The predicted octanol–water partition coefficient (Wildman–Crippen LogP) is 4.41. The van der Waals surface area contributed by atoms with Crippen LogP contribution < -0.4 is 4.74 Å². The van der Waals surface area contributed by atoms with Gasteiger partial charge in [-0.15, -0.1) is 0 Å². The highest BCUT2D eigenvalue weighted by molar-refractivity contribution is 5.94. The summed E-state index contributed by atoms with van der Waals surface area (Å²) in [5, 5.41) is 0. The van der Waals surface area contributed by atoms with Gasteiger partial charge in [-0.3, -0.25) is 4.79 Å². The largest absolute Gasteiger partial charge is 0.472 e. The summed E-state index contributed by atoms with van der Waals surface area (Å²) in [7, 11) is 0. The molecule has 0 N–H and O–H groups in total. The van der Waals surface area contributed by atoms with Gasteiger partial charge in [0.2, 0.25) is 5.88 Å². The number of nitrogens with zero attached hydrogens (tertiary/aromatic N) is 2. The molecule has 0 spiro atoms. The second-order valence-corrected chi connectivity index (χ2v) is 6.24. The van der Waals surface area contributed by atoms with Crippen LogP contribution in [-0.2, 0) is 12.4 Å². The van der Waals surface area contributed by atoms with E-state index in [1.165, 1.54) is 11.0 Å². The van der Waals surface area contributed by atoms with E-state index in [4.69, 9.17) is 4.74 Å². The molecule has 2 heterocycles. The van der Waals surface area contributed by atoms with Crippen molar-refractivity contribution in [2.24, 2.45) is 0 Å². The average molecular weight is 404 g/mol. The van der Waals surface area contributed by atoms with Gasteiger partial charge in [0.15, 0.2) is 0 Å². The van der Waals surface area contributed by atoms with E-state index >= 15 is 0 Å². The van der Waals surface area contributed by atoms with Crippen molar-refractivity contribution in [2.45, 2.75) is 24.9 Å². The third kappa shape index (κ3) is 4.55. The average Bonchev–Trinajstić information content (AvgIpc) is 3.08. The van der Waals surface area contributed by atoms with Crippen molar-refractivity contribution in [3.05, 3.63) is 59.3 Å². The van der Waals surface area contributed by atoms with Crippen molar-refractivity contribution >= 4 is 5.91 Å². The fourth-order valence-electron chi connectivity index (χ4n) is 2.84. The normalized spacial score (nSPS) is 17.6. The van der Waals surface area contributed by atoms with Crippen LogP contribution in [0.25, 0.3) is 0 Å². The minimum atomic E-state index is -4.57. The highest BCUT2D eigenvalue weighted by atomic mass is 19.4. The van der Waals surface area contributed by atoms with Gasteiger partial charge in [0.25, 0.3) is 5.91 Å². The van der Waals surface area contributed by atoms with E-state index in [1.54, 1.807) is 0 Å². The first-order valence-electron chi connectivity index (χ1n) is 8.20. The Morgan fingerprint density at radius 3 is 2.39 bits per heavy atom. The Morgan fingerprint density at radius 2 is 1.71 bits per heavy atom. The number of halogens is 6. The maximum absolute atomic E-state index is 12.8. The second kappa shape index (κ2) is 7.33. The van der Waals surface area contributed by atoms with Crippen molar-refractivity contribution in [1.29, 1.82) is 0 Å². The number of ether oxygens (including phenoxy) is 1. The molecule has 4 nitrogen and oxygen atoms in total. The molecule has 1 atom stereocenters. The predicted molar refractivity (Wildman–Crippen MR) is 85.6 cm³/mol. The maximum atomic E-state index is 12.8. The Kier molecular flexibility index (Phi) is 5.22. The molecule has 1 aliphatic rings. The van der Waals surface area contributed by atoms with Gasteiger partial charge in [-0.2, -0.15) is 26.3 Å². The molecule has 150 valence electrons. The minimum absolute atomic E-state index is 0.0347. The molecule has 1 aromatic carbocycles. The molecule has 1 aromatic heterocycles. The van der Waals surface area contributed by atoms with Crippen molar-refractivity contribution in [3.63, 3.8) is 0 Å². The zero-order chi connectivity index (χ0) is 20.5. The highest BCUT2D eigenvalue weighted by Crippen LogP contribution is 2.32. The molecule has 1 amide bonds. The molecule has 0 bridgehead atoms. The Balaban J connectivity index is 1.67. The van der Waals surface area contributed by atoms with E-state index in [0.717, 1.165) is 36.5 Å². The number of hydrogen-bond donors (Lipinski definition) is 0. The van der Waals surface area contributed by atoms with E-state index in [1.807, 2.05) is 0 Å². The lowest BCUT2D eigenvalue weighted by Crippen LogP contribution is -2.31. The summed E-state index contributed by atoms with van der Waals surface area (Å²) in [5.74, 6) is -0.831. The second-order valence-electron chi connectivity index (χ2n) is 6.24. The van der Waals surface area contributed by atoms with E-state index < -0.39 is 35.5 Å². The Labute approximate surface area is 155 Å². The van der Waals surface area contributed by atoms with Crippen molar-refractivity contribution in [3.8, 4) is 5.88 Å². The van der Waals surface area contributed by atoms with Crippen LogP contribution in [0.4, 0.5) is 26.3 Å². The first kappa shape index (κ1) is 20.0. The number of pyridine rings is 1. The van der Waals surface area contributed by atoms with Gasteiger partial charge in [0.05, 0.1) is 17.7 Å². The Bertz CT molecular complexity index is 866. The number of amides is 1. The third-order valence-electron chi connectivity index (χ3n) is 4.22.